The van der Waals surface area contributed by atoms with Gasteiger partial charge in [0.2, 0.25) is 0 Å². The second kappa shape index (κ2) is 7.16. The third-order valence-corrected chi connectivity index (χ3v) is 4.58. The van der Waals surface area contributed by atoms with E-state index in [0.29, 0.717) is 17.8 Å². The molecule has 148 valence electrons. The molecule has 0 aliphatic heterocycles. The van der Waals surface area contributed by atoms with Gasteiger partial charge in [-0.2, -0.15) is 13.2 Å². The van der Waals surface area contributed by atoms with E-state index in [0.717, 1.165) is 23.3 Å². The number of aromatic nitrogens is 5. The predicted molar refractivity (Wildman–Crippen MR) is 100 cm³/mol. The molecule has 4 rings (SSSR count). The second-order valence-corrected chi connectivity index (χ2v) is 6.78. The van der Waals surface area contributed by atoms with Gasteiger partial charge in [0.15, 0.2) is 11.2 Å². The molecule has 0 amide bonds. The van der Waals surface area contributed by atoms with E-state index in [1.807, 2.05) is 31.2 Å². The van der Waals surface area contributed by atoms with Crippen molar-refractivity contribution in [1.82, 2.24) is 24.5 Å². The minimum atomic E-state index is -4.40. The molecule has 2 heterocycles. The number of alkyl halides is 3. The van der Waals surface area contributed by atoms with Crippen LogP contribution in [-0.2, 0) is 19.3 Å². The first-order valence-electron chi connectivity index (χ1n) is 8.81. The average Bonchev–Trinajstić information content (AvgIpc) is 3.09. The number of aryl methyl sites for hydroxylation is 1. The molecule has 0 bridgehead atoms. The number of hydrogen-bond acceptors (Lipinski definition) is 4. The van der Waals surface area contributed by atoms with Crippen LogP contribution in [0.5, 0.6) is 0 Å². The third-order valence-electron chi connectivity index (χ3n) is 4.58. The Hall–Kier alpha value is -3.49. The molecule has 0 fully saturated rings. The summed E-state index contributed by atoms with van der Waals surface area (Å²) in [5.74, 6) is 0. The first-order valence-corrected chi connectivity index (χ1v) is 8.81. The van der Waals surface area contributed by atoms with Gasteiger partial charge in [-0.15, -0.1) is 5.10 Å². The summed E-state index contributed by atoms with van der Waals surface area (Å²) in [5, 5.41) is 7.98. The smallest absolute Gasteiger partial charge is 0.293 e. The topological polar surface area (TPSA) is 65.6 Å². The van der Waals surface area contributed by atoms with E-state index >= 15 is 0 Å². The normalized spacial score (nSPS) is 11.9. The Bertz CT molecular complexity index is 1210. The van der Waals surface area contributed by atoms with Gasteiger partial charge in [-0.1, -0.05) is 47.2 Å². The molecule has 0 saturated heterocycles. The Morgan fingerprint density at radius 1 is 0.931 bits per heavy atom. The van der Waals surface area contributed by atoms with E-state index in [9.17, 15) is 18.0 Å². The molecule has 0 spiro atoms. The minimum absolute atomic E-state index is 0.0880. The number of benzene rings is 2. The van der Waals surface area contributed by atoms with Crippen molar-refractivity contribution in [1.29, 1.82) is 0 Å². The van der Waals surface area contributed by atoms with Gasteiger partial charge in [0.25, 0.3) is 5.56 Å². The summed E-state index contributed by atoms with van der Waals surface area (Å²) in [5.41, 5.74) is 2.03. The summed E-state index contributed by atoms with van der Waals surface area (Å²) in [6.45, 7) is 2.51. The van der Waals surface area contributed by atoms with Crippen LogP contribution in [0, 0.1) is 6.92 Å². The molecule has 29 heavy (non-hydrogen) atoms. The van der Waals surface area contributed by atoms with Crippen molar-refractivity contribution in [2.45, 2.75) is 26.2 Å². The van der Waals surface area contributed by atoms with Crippen molar-refractivity contribution in [2.24, 2.45) is 0 Å². The molecule has 0 radical (unpaired) electrons. The first-order chi connectivity index (χ1) is 13.8. The van der Waals surface area contributed by atoms with Crippen LogP contribution in [-0.4, -0.2) is 24.5 Å². The monoisotopic (exact) mass is 399 g/mol. The highest BCUT2D eigenvalue weighted by atomic mass is 19.4. The quantitative estimate of drug-likeness (QED) is 0.528. The van der Waals surface area contributed by atoms with Crippen molar-refractivity contribution in [3.05, 3.63) is 87.5 Å². The van der Waals surface area contributed by atoms with E-state index in [1.165, 1.54) is 23.0 Å². The summed E-state index contributed by atoms with van der Waals surface area (Å²) in [6.07, 6.45) is -3.04. The van der Waals surface area contributed by atoms with Crippen molar-refractivity contribution < 1.29 is 13.2 Å². The highest BCUT2D eigenvalue weighted by molar-refractivity contribution is 5.67. The Morgan fingerprint density at radius 3 is 2.21 bits per heavy atom. The van der Waals surface area contributed by atoms with Gasteiger partial charge < -0.3 is 0 Å². The van der Waals surface area contributed by atoms with Gasteiger partial charge in [0, 0.05) is 0 Å². The van der Waals surface area contributed by atoms with E-state index in [-0.39, 0.29) is 12.1 Å². The summed E-state index contributed by atoms with van der Waals surface area (Å²) in [6, 6.07) is 12.6. The lowest BCUT2D eigenvalue weighted by molar-refractivity contribution is -0.137. The maximum Gasteiger partial charge on any atom is 0.416 e. The SMILES string of the molecule is Cc1ccc(Cn2nnc3c(=O)n(Cc4ccc(C(F)(F)F)cc4)cnc32)cc1. The van der Waals surface area contributed by atoms with Crippen LogP contribution in [0.15, 0.2) is 59.7 Å². The molecule has 9 heteroatoms. The third kappa shape index (κ3) is 3.89. The molecule has 0 saturated carbocycles. The fourth-order valence-corrected chi connectivity index (χ4v) is 2.97. The summed E-state index contributed by atoms with van der Waals surface area (Å²) in [7, 11) is 0. The molecule has 4 aromatic rings. The largest absolute Gasteiger partial charge is 0.416 e. The summed E-state index contributed by atoms with van der Waals surface area (Å²) in [4.78, 5) is 17.0. The number of fused-ring (bicyclic) bond motifs is 1. The van der Waals surface area contributed by atoms with Crippen LogP contribution < -0.4 is 5.56 Å². The lowest BCUT2D eigenvalue weighted by Crippen LogP contribution is -2.21. The van der Waals surface area contributed by atoms with E-state index in [1.54, 1.807) is 4.68 Å². The standard InChI is InChI=1S/C20H16F3N5O/c1-13-2-4-15(5-3-13)11-28-18-17(25-26-28)19(29)27(12-24-18)10-14-6-8-16(9-7-14)20(21,22)23/h2-9,12H,10-11H2,1H3. The van der Waals surface area contributed by atoms with Gasteiger partial charge in [-0.05, 0) is 30.2 Å². The van der Waals surface area contributed by atoms with Gasteiger partial charge in [0.05, 0.1) is 18.7 Å². The Balaban J connectivity index is 1.60. The zero-order valence-corrected chi connectivity index (χ0v) is 15.4. The van der Waals surface area contributed by atoms with Crippen LogP contribution >= 0.6 is 0 Å². The zero-order valence-electron chi connectivity index (χ0n) is 15.4. The molecule has 2 aromatic carbocycles. The second-order valence-electron chi connectivity index (χ2n) is 6.78. The maximum atomic E-state index is 12.7. The van der Waals surface area contributed by atoms with Crippen molar-refractivity contribution in [2.75, 3.05) is 0 Å². The highest BCUT2D eigenvalue weighted by Gasteiger charge is 2.29. The fraction of sp³-hybridized carbons (Fsp3) is 0.200. The zero-order chi connectivity index (χ0) is 20.6. The van der Waals surface area contributed by atoms with Crippen LogP contribution in [0.2, 0.25) is 0 Å². The van der Waals surface area contributed by atoms with Crippen LogP contribution in [0.4, 0.5) is 13.2 Å². The van der Waals surface area contributed by atoms with Gasteiger partial charge in [-0.3, -0.25) is 9.36 Å². The highest BCUT2D eigenvalue weighted by Crippen LogP contribution is 2.29. The molecular weight excluding hydrogens is 383 g/mol. The maximum absolute atomic E-state index is 12.7. The molecule has 0 aliphatic rings. The number of nitrogens with zero attached hydrogens (tertiary/aromatic N) is 5. The Labute approximate surface area is 163 Å². The summed E-state index contributed by atoms with van der Waals surface area (Å²) >= 11 is 0. The lowest BCUT2D eigenvalue weighted by atomic mass is 10.1. The predicted octanol–water partition coefficient (Wildman–Crippen LogP) is 3.41. The average molecular weight is 399 g/mol. The molecule has 0 N–H and O–H groups in total. The lowest BCUT2D eigenvalue weighted by Gasteiger charge is -2.09. The van der Waals surface area contributed by atoms with E-state index in [4.69, 9.17) is 0 Å². The van der Waals surface area contributed by atoms with Crippen LogP contribution in [0.3, 0.4) is 0 Å². The van der Waals surface area contributed by atoms with Crippen LogP contribution in [0.25, 0.3) is 11.2 Å². The van der Waals surface area contributed by atoms with Gasteiger partial charge in [0.1, 0.15) is 6.33 Å². The molecule has 2 aromatic heterocycles. The van der Waals surface area contributed by atoms with Crippen molar-refractivity contribution in [3.63, 3.8) is 0 Å². The fourth-order valence-electron chi connectivity index (χ4n) is 2.97. The molecule has 6 nitrogen and oxygen atoms in total. The number of halogens is 3. The number of hydrogen-bond donors (Lipinski definition) is 0. The van der Waals surface area contributed by atoms with Gasteiger partial charge >= 0.3 is 6.18 Å². The summed E-state index contributed by atoms with van der Waals surface area (Å²) < 4.78 is 40.9. The van der Waals surface area contributed by atoms with Gasteiger partial charge in [-0.25, -0.2) is 9.67 Å². The molecule has 0 unspecified atom stereocenters. The Kier molecular flexibility index (Phi) is 4.65. The van der Waals surface area contributed by atoms with Crippen LogP contribution in [0.1, 0.15) is 22.3 Å². The molecular formula is C20H16F3N5O. The minimum Gasteiger partial charge on any atom is -0.293 e. The Morgan fingerprint density at radius 2 is 1.55 bits per heavy atom. The first kappa shape index (κ1) is 18.9. The number of rotatable bonds is 4. The molecule has 0 aliphatic carbocycles. The van der Waals surface area contributed by atoms with E-state index in [2.05, 4.69) is 15.3 Å². The van der Waals surface area contributed by atoms with Crippen molar-refractivity contribution in [3.8, 4) is 0 Å². The molecule has 0 atom stereocenters. The van der Waals surface area contributed by atoms with E-state index < -0.39 is 17.3 Å². The van der Waals surface area contributed by atoms with Crippen molar-refractivity contribution >= 4 is 11.2 Å².